The molecule has 7 heteroatoms. The lowest BCUT2D eigenvalue weighted by molar-refractivity contribution is 0.379. The molecule has 29 heavy (non-hydrogen) atoms. The Hall–Kier alpha value is -4.18. The summed E-state index contributed by atoms with van der Waals surface area (Å²) < 4.78 is 19.1. The number of fused-ring (bicyclic) bond motifs is 2. The minimum Gasteiger partial charge on any atom is -0.420 e. The van der Waals surface area contributed by atoms with Gasteiger partial charge in [-0.3, -0.25) is 10.1 Å². The molecule has 0 saturated carbocycles. The van der Waals surface area contributed by atoms with Crippen LogP contribution in [0.5, 0.6) is 5.88 Å². The van der Waals surface area contributed by atoms with E-state index in [4.69, 9.17) is 10.5 Å². The molecule has 6 nitrogen and oxygen atoms in total. The van der Waals surface area contributed by atoms with Crippen molar-refractivity contribution in [3.05, 3.63) is 89.2 Å². The van der Waals surface area contributed by atoms with Gasteiger partial charge in [0.2, 0.25) is 11.8 Å². The fourth-order valence-corrected chi connectivity index (χ4v) is 3.76. The zero-order valence-electron chi connectivity index (χ0n) is 15.1. The highest BCUT2D eigenvalue weighted by Gasteiger charge is 2.36. The molecule has 2 aromatic heterocycles. The van der Waals surface area contributed by atoms with Crippen molar-refractivity contribution >= 4 is 10.9 Å². The number of pyridine rings is 1. The number of nitrogens with two attached hydrogens (primary N) is 1. The predicted molar refractivity (Wildman–Crippen MR) is 105 cm³/mol. The summed E-state index contributed by atoms with van der Waals surface area (Å²) in [4.78, 5) is 4.41. The van der Waals surface area contributed by atoms with E-state index in [0.717, 1.165) is 22.0 Å². The van der Waals surface area contributed by atoms with Gasteiger partial charge in [-0.15, -0.1) is 5.10 Å². The number of ether oxygens (including phenoxy) is 1. The van der Waals surface area contributed by atoms with Crippen molar-refractivity contribution < 1.29 is 9.13 Å². The fourth-order valence-electron chi connectivity index (χ4n) is 3.76. The van der Waals surface area contributed by atoms with Crippen LogP contribution in [-0.4, -0.2) is 15.2 Å². The van der Waals surface area contributed by atoms with Crippen LogP contribution in [0.25, 0.3) is 22.2 Å². The Kier molecular flexibility index (Phi) is 3.78. The number of aromatic amines is 1. The van der Waals surface area contributed by atoms with Gasteiger partial charge in [0.25, 0.3) is 0 Å². The Morgan fingerprint density at radius 2 is 1.90 bits per heavy atom. The maximum atomic E-state index is 13.4. The van der Waals surface area contributed by atoms with Gasteiger partial charge in [-0.25, -0.2) is 4.39 Å². The number of H-pyrrole nitrogens is 1. The summed E-state index contributed by atoms with van der Waals surface area (Å²) in [7, 11) is 0. The van der Waals surface area contributed by atoms with E-state index >= 15 is 0 Å². The van der Waals surface area contributed by atoms with Crippen molar-refractivity contribution in [1.82, 2.24) is 15.2 Å². The zero-order chi connectivity index (χ0) is 20.0. The van der Waals surface area contributed by atoms with Crippen molar-refractivity contribution in [2.75, 3.05) is 0 Å². The highest BCUT2D eigenvalue weighted by Crippen LogP contribution is 2.46. The first kappa shape index (κ1) is 17.0. The number of hydrogen-bond donors (Lipinski definition) is 2. The molecule has 0 radical (unpaired) electrons. The fraction of sp³-hybridized carbons (Fsp3) is 0.0455. The molecule has 0 saturated heterocycles. The van der Waals surface area contributed by atoms with Crippen LogP contribution in [0.1, 0.15) is 17.0 Å². The summed E-state index contributed by atoms with van der Waals surface area (Å²) in [6, 6.07) is 17.8. The van der Waals surface area contributed by atoms with Gasteiger partial charge in [-0.2, -0.15) is 5.26 Å². The van der Waals surface area contributed by atoms with E-state index in [-0.39, 0.29) is 11.7 Å². The van der Waals surface area contributed by atoms with E-state index in [0.29, 0.717) is 22.7 Å². The van der Waals surface area contributed by atoms with Crippen LogP contribution < -0.4 is 10.5 Å². The third kappa shape index (κ3) is 2.62. The van der Waals surface area contributed by atoms with E-state index < -0.39 is 5.92 Å². The van der Waals surface area contributed by atoms with Gasteiger partial charge >= 0.3 is 0 Å². The number of halogens is 1. The molecule has 140 valence electrons. The molecule has 3 heterocycles. The van der Waals surface area contributed by atoms with E-state index in [9.17, 15) is 9.65 Å². The van der Waals surface area contributed by atoms with Gasteiger partial charge in [0.15, 0.2) is 0 Å². The number of rotatable bonds is 2. The second kappa shape index (κ2) is 6.46. The smallest absolute Gasteiger partial charge is 0.244 e. The molecular formula is C22H14FN5O. The quantitative estimate of drug-likeness (QED) is 0.545. The summed E-state index contributed by atoms with van der Waals surface area (Å²) in [5.41, 5.74) is 10.1. The maximum absolute atomic E-state index is 13.4. The van der Waals surface area contributed by atoms with Crippen LogP contribution in [-0.2, 0) is 0 Å². The van der Waals surface area contributed by atoms with Crippen LogP contribution >= 0.6 is 0 Å². The van der Waals surface area contributed by atoms with Crippen LogP contribution in [0.15, 0.2) is 72.3 Å². The number of aromatic nitrogens is 3. The molecule has 0 aliphatic carbocycles. The molecule has 4 aromatic rings. The monoisotopic (exact) mass is 383 g/mol. The van der Waals surface area contributed by atoms with Crippen molar-refractivity contribution in [1.29, 1.82) is 5.26 Å². The SMILES string of the molecule is N#CC1=C(N)Oc2n[nH]c(-c3ccc(F)cc3)c2[C@@H]1c1ccnc2ccccc12. The van der Waals surface area contributed by atoms with Gasteiger partial charge < -0.3 is 10.5 Å². The second-order valence-corrected chi connectivity index (χ2v) is 6.67. The minimum atomic E-state index is -0.504. The molecule has 0 fully saturated rings. The summed E-state index contributed by atoms with van der Waals surface area (Å²) in [6.07, 6.45) is 1.70. The summed E-state index contributed by atoms with van der Waals surface area (Å²) >= 11 is 0. The molecule has 5 rings (SSSR count). The number of hydrogen-bond acceptors (Lipinski definition) is 5. The first-order valence-corrected chi connectivity index (χ1v) is 8.93. The Labute approximate surface area is 165 Å². The normalized spacial score (nSPS) is 15.7. The number of nitrogens with zero attached hydrogens (tertiary/aromatic N) is 3. The number of nitriles is 1. The third-order valence-electron chi connectivity index (χ3n) is 5.07. The Morgan fingerprint density at radius 3 is 2.69 bits per heavy atom. The molecule has 0 bridgehead atoms. The minimum absolute atomic E-state index is 0.0167. The van der Waals surface area contributed by atoms with Gasteiger partial charge in [-0.1, -0.05) is 18.2 Å². The van der Waals surface area contributed by atoms with Crippen molar-refractivity contribution in [2.45, 2.75) is 5.92 Å². The van der Waals surface area contributed by atoms with Crippen molar-refractivity contribution in [3.8, 4) is 23.2 Å². The zero-order valence-corrected chi connectivity index (χ0v) is 15.1. The highest BCUT2D eigenvalue weighted by atomic mass is 19.1. The Morgan fingerprint density at radius 1 is 1.10 bits per heavy atom. The Balaban J connectivity index is 1.80. The Bertz CT molecular complexity index is 1310. The molecule has 1 atom stereocenters. The summed E-state index contributed by atoms with van der Waals surface area (Å²) in [5.74, 6) is -0.526. The topological polar surface area (TPSA) is 101 Å². The van der Waals surface area contributed by atoms with E-state index in [1.807, 2.05) is 30.3 Å². The van der Waals surface area contributed by atoms with Crippen LogP contribution in [0.2, 0.25) is 0 Å². The van der Waals surface area contributed by atoms with Gasteiger partial charge in [-0.05, 0) is 42.0 Å². The molecule has 1 aliphatic rings. The van der Waals surface area contributed by atoms with E-state index in [1.54, 1.807) is 18.3 Å². The molecule has 0 amide bonds. The lowest BCUT2D eigenvalue weighted by Gasteiger charge is -2.25. The molecule has 1 aliphatic heterocycles. The van der Waals surface area contributed by atoms with Crippen LogP contribution in [0.4, 0.5) is 4.39 Å². The number of para-hydroxylation sites is 1. The standard InChI is InChI=1S/C22H14FN5O/c23-13-7-5-12(6-8-13)20-19-18(16(11-24)21(25)29-22(19)28-27-20)15-9-10-26-17-4-2-1-3-14(15)17/h1-10,18H,25H2,(H,27,28)/t18-/m1/s1. The number of allylic oxidation sites excluding steroid dienone is 1. The number of nitrogens with one attached hydrogen (secondary N) is 1. The van der Waals surface area contributed by atoms with Gasteiger partial charge in [0.05, 0.1) is 22.7 Å². The van der Waals surface area contributed by atoms with E-state index in [2.05, 4.69) is 21.3 Å². The lowest BCUT2D eigenvalue weighted by Crippen LogP contribution is -2.21. The third-order valence-corrected chi connectivity index (χ3v) is 5.07. The average molecular weight is 383 g/mol. The molecule has 0 spiro atoms. The summed E-state index contributed by atoms with van der Waals surface area (Å²) in [5, 5.41) is 18.0. The summed E-state index contributed by atoms with van der Waals surface area (Å²) in [6.45, 7) is 0. The predicted octanol–water partition coefficient (Wildman–Crippen LogP) is 3.98. The van der Waals surface area contributed by atoms with Crippen LogP contribution in [0, 0.1) is 17.1 Å². The molecule has 3 N–H and O–H groups in total. The second-order valence-electron chi connectivity index (χ2n) is 6.67. The largest absolute Gasteiger partial charge is 0.420 e. The number of benzene rings is 2. The first-order chi connectivity index (χ1) is 14.2. The molecule has 0 unspecified atom stereocenters. The maximum Gasteiger partial charge on any atom is 0.244 e. The van der Waals surface area contributed by atoms with Crippen LogP contribution in [0.3, 0.4) is 0 Å². The molecule has 2 aromatic carbocycles. The van der Waals surface area contributed by atoms with Gasteiger partial charge in [0.1, 0.15) is 17.5 Å². The van der Waals surface area contributed by atoms with Crippen molar-refractivity contribution in [3.63, 3.8) is 0 Å². The molecular weight excluding hydrogens is 369 g/mol. The highest BCUT2D eigenvalue weighted by molar-refractivity contribution is 5.85. The van der Waals surface area contributed by atoms with Gasteiger partial charge in [0, 0.05) is 17.1 Å². The average Bonchev–Trinajstić information content (AvgIpc) is 3.16. The van der Waals surface area contributed by atoms with Crippen molar-refractivity contribution in [2.24, 2.45) is 5.73 Å². The van der Waals surface area contributed by atoms with E-state index in [1.165, 1.54) is 12.1 Å². The first-order valence-electron chi connectivity index (χ1n) is 8.93. The lowest BCUT2D eigenvalue weighted by atomic mass is 9.81.